The first-order valence-corrected chi connectivity index (χ1v) is 8.04. The minimum absolute atomic E-state index is 0.0325. The maximum Gasteiger partial charge on any atom is 0.260 e. The molecule has 8 heteroatoms. The molecule has 2 rings (SSSR count). The van der Waals surface area contributed by atoms with E-state index in [-0.39, 0.29) is 11.1 Å². The van der Waals surface area contributed by atoms with Crippen molar-refractivity contribution in [3.8, 4) is 0 Å². The Kier molecular flexibility index (Phi) is 4.71. The van der Waals surface area contributed by atoms with Gasteiger partial charge in [-0.3, -0.25) is 10.1 Å². The molecule has 2 heterocycles. The van der Waals surface area contributed by atoms with Crippen molar-refractivity contribution in [2.75, 3.05) is 7.05 Å². The Labute approximate surface area is 124 Å². The van der Waals surface area contributed by atoms with Crippen molar-refractivity contribution in [2.24, 2.45) is 0 Å². The van der Waals surface area contributed by atoms with E-state index in [1.165, 1.54) is 0 Å². The van der Waals surface area contributed by atoms with Gasteiger partial charge in [-0.2, -0.15) is 5.10 Å². The molecule has 2 aromatic heterocycles. The molecule has 2 aromatic rings. The van der Waals surface area contributed by atoms with Gasteiger partial charge in [0, 0.05) is 36.2 Å². The Balaban J connectivity index is 2.27. The smallest absolute Gasteiger partial charge is 0.260 e. The van der Waals surface area contributed by atoms with E-state index in [0.29, 0.717) is 12.1 Å². The minimum atomic E-state index is -3.70. The van der Waals surface area contributed by atoms with Crippen LogP contribution in [-0.2, 0) is 16.6 Å². The number of aromatic nitrogens is 3. The van der Waals surface area contributed by atoms with Gasteiger partial charge in [0.25, 0.3) is 10.0 Å². The molecule has 0 bridgehead atoms. The van der Waals surface area contributed by atoms with E-state index >= 15 is 0 Å². The zero-order chi connectivity index (χ0) is 15.5. The molecule has 0 saturated heterocycles. The molecule has 0 radical (unpaired) electrons. The van der Waals surface area contributed by atoms with E-state index in [2.05, 4.69) is 25.2 Å². The van der Waals surface area contributed by atoms with Crippen LogP contribution in [0.3, 0.4) is 0 Å². The van der Waals surface area contributed by atoms with Gasteiger partial charge in [-0.05, 0) is 32.5 Å². The summed E-state index contributed by atoms with van der Waals surface area (Å²) in [4.78, 5) is 3.99. The van der Waals surface area contributed by atoms with Crippen molar-refractivity contribution in [1.82, 2.24) is 25.2 Å². The van der Waals surface area contributed by atoms with Gasteiger partial charge in [-0.15, -0.1) is 0 Å². The molecule has 21 heavy (non-hydrogen) atoms. The molecule has 114 valence electrons. The van der Waals surface area contributed by atoms with Crippen LogP contribution in [0.1, 0.15) is 29.8 Å². The lowest BCUT2D eigenvalue weighted by molar-refractivity contribution is 0.560. The fourth-order valence-electron chi connectivity index (χ4n) is 2.03. The number of hydrogen-bond donors (Lipinski definition) is 3. The summed E-state index contributed by atoms with van der Waals surface area (Å²) in [6.07, 6.45) is 3.28. The Hall–Kier alpha value is -1.77. The lowest BCUT2D eigenvalue weighted by atomic mass is 10.2. The molecule has 0 aromatic carbocycles. The third kappa shape index (κ3) is 3.46. The zero-order valence-corrected chi connectivity index (χ0v) is 13.0. The maximum absolute atomic E-state index is 12.5. The fourth-order valence-corrected chi connectivity index (χ4v) is 3.45. The average molecular weight is 309 g/mol. The Morgan fingerprint density at radius 1 is 1.43 bits per heavy atom. The fraction of sp³-hybridized carbons (Fsp3) is 0.385. The molecule has 1 atom stereocenters. The number of aromatic amines is 1. The van der Waals surface area contributed by atoms with Crippen LogP contribution >= 0.6 is 0 Å². The van der Waals surface area contributed by atoms with Crippen molar-refractivity contribution in [1.29, 1.82) is 0 Å². The second kappa shape index (κ2) is 6.33. The Morgan fingerprint density at radius 2 is 2.19 bits per heavy atom. The topological polar surface area (TPSA) is 99.8 Å². The number of sulfonamides is 1. The second-order valence-corrected chi connectivity index (χ2v) is 6.42. The van der Waals surface area contributed by atoms with Crippen LogP contribution in [0, 0.1) is 6.92 Å². The minimum Gasteiger partial charge on any atom is -0.316 e. The van der Waals surface area contributed by atoms with Crippen molar-refractivity contribution < 1.29 is 8.42 Å². The number of nitrogens with one attached hydrogen (secondary N) is 3. The van der Waals surface area contributed by atoms with Gasteiger partial charge in [0.15, 0.2) is 5.03 Å². The number of aryl methyl sites for hydroxylation is 1. The summed E-state index contributed by atoms with van der Waals surface area (Å²) in [5.74, 6) is 0. The van der Waals surface area contributed by atoms with Crippen LogP contribution in [0.4, 0.5) is 0 Å². The molecular weight excluding hydrogens is 290 g/mol. The van der Waals surface area contributed by atoms with Crippen LogP contribution < -0.4 is 10.0 Å². The quantitative estimate of drug-likeness (QED) is 0.735. The summed E-state index contributed by atoms with van der Waals surface area (Å²) in [6.45, 7) is 3.99. The summed E-state index contributed by atoms with van der Waals surface area (Å²) < 4.78 is 27.6. The summed E-state index contributed by atoms with van der Waals surface area (Å²) in [5.41, 5.74) is 2.17. The molecule has 0 spiro atoms. The highest BCUT2D eigenvalue weighted by atomic mass is 32.2. The SMILES string of the molecule is CNCc1c(S(=O)(=O)NC(C)c2cccnc2)n[nH]c1C. The first kappa shape index (κ1) is 15.6. The first-order chi connectivity index (χ1) is 9.95. The first-order valence-electron chi connectivity index (χ1n) is 6.56. The van der Waals surface area contributed by atoms with E-state index in [1.807, 2.05) is 6.07 Å². The van der Waals surface area contributed by atoms with Gasteiger partial charge < -0.3 is 5.32 Å². The molecule has 0 saturated carbocycles. The molecule has 0 amide bonds. The second-order valence-electron chi connectivity index (χ2n) is 4.79. The predicted molar refractivity (Wildman–Crippen MR) is 79.1 cm³/mol. The van der Waals surface area contributed by atoms with E-state index in [9.17, 15) is 8.42 Å². The van der Waals surface area contributed by atoms with Gasteiger partial charge >= 0.3 is 0 Å². The highest BCUT2D eigenvalue weighted by Gasteiger charge is 2.25. The standard InChI is InChI=1S/C13H19N5O2S/c1-9(11-5-4-6-15-7-11)18-21(19,20)13-12(8-14-3)10(2)16-17-13/h4-7,9,14,18H,8H2,1-3H3,(H,16,17). The normalized spacial score (nSPS) is 13.3. The van der Waals surface area contributed by atoms with Gasteiger partial charge in [0.05, 0.1) is 0 Å². The highest BCUT2D eigenvalue weighted by molar-refractivity contribution is 7.89. The Morgan fingerprint density at radius 3 is 2.81 bits per heavy atom. The average Bonchev–Trinajstić information content (AvgIpc) is 2.82. The molecule has 1 unspecified atom stereocenters. The van der Waals surface area contributed by atoms with E-state index in [0.717, 1.165) is 11.3 Å². The van der Waals surface area contributed by atoms with E-state index in [1.54, 1.807) is 39.4 Å². The number of rotatable bonds is 6. The molecular formula is C13H19N5O2S. The van der Waals surface area contributed by atoms with Gasteiger partial charge in [0.1, 0.15) is 0 Å². The molecule has 0 aliphatic carbocycles. The van der Waals surface area contributed by atoms with Crippen LogP contribution in [-0.4, -0.2) is 30.6 Å². The largest absolute Gasteiger partial charge is 0.316 e. The number of nitrogens with zero attached hydrogens (tertiary/aromatic N) is 2. The van der Waals surface area contributed by atoms with Crippen molar-refractivity contribution in [3.63, 3.8) is 0 Å². The third-order valence-electron chi connectivity index (χ3n) is 3.16. The van der Waals surface area contributed by atoms with E-state index < -0.39 is 10.0 Å². The molecule has 0 aliphatic heterocycles. The van der Waals surface area contributed by atoms with Crippen molar-refractivity contribution in [2.45, 2.75) is 31.5 Å². The lowest BCUT2D eigenvalue weighted by Gasteiger charge is -2.14. The van der Waals surface area contributed by atoms with Crippen LogP contribution in [0.2, 0.25) is 0 Å². The maximum atomic E-state index is 12.5. The zero-order valence-electron chi connectivity index (χ0n) is 12.2. The summed E-state index contributed by atoms with van der Waals surface area (Å²) in [7, 11) is -1.94. The van der Waals surface area contributed by atoms with Crippen LogP contribution in [0.15, 0.2) is 29.6 Å². The number of hydrogen-bond acceptors (Lipinski definition) is 5. The number of pyridine rings is 1. The van der Waals surface area contributed by atoms with Gasteiger partial charge in [-0.25, -0.2) is 13.1 Å². The summed E-state index contributed by atoms with van der Waals surface area (Å²) in [6, 6.07) is 3.21. The summed E-state index contributed by atoms with van der Waals surface area (Å²) in [5, 5.41) is 9.62. The third-order valence-corrected chi connectivity index (χ3v) is 4.67. The lowest BCUT2D eigenvalue weighted by Crippen LogP contribution is -2.28. The van der Waals surface area contributed by atoms with E-state index in [4.69, 9.17) is 0 Å². The molecule has 0 fully saturated rings. The molecule has 3 N–H and O–H groups in total. The van der Waals surface area contributed by atoms with Crippen molar-refractivity contribution in [3.05, 3.63) is 41.3 Å². The van der Waals surface area contributed by atoms with Crippen LogP contribution in [0.5, 0.6) is 0 Å². The molecule has 0 aliphatic rings. The van der Waals surface area contributed by atoms with Crippen LogP contribution in [0.25, 0.3) is 0 Å². The Bertz CT molecular complexity index is 697. The predicted octanol–water partition coefficient (Wildman–Crippen LogP) is 0.872. The van der Waals surface area contributed by atoms with Crippen molar-refractivity contribution >= 4 is 10.0 Å². The molecule has 7 nitrogen and oxygen atoms in total. The van der Waals surface area contributed by atoms with Gasteiger partial charge in [0.2, 0.25) is 0 Å². The summed E-state index contributed by atoms with van der Waals surface area (Å²) >= 11 is 0. The van der Waals surface area contributed by atoms with Gasteiger partial charge in [-0.1, -0.05) is 6.07 Å². The number of H-pyrrole nitrogens is 1. The highest BCUT2D eigenvalue weighted by Crippen LogP contribution is 2.19. The monoisotopic (exact) mass is 309 g/mol.